The SMILES string of the molecule is N[C@@H](Cc1cn(Cc2ccccc2)cn1)C(=O)N1CCN(CCO)CC1. The van der Waals surface area contributed by atoms with Crippen LogP contribution in [0.25, 0.3) is 0 Å². The van der Waals surface area contributed by atoms with Crippen LogP contribution in [0.1, 0.15) is 11.3 Å². The fourth-order valence-corrected chi connectivity index (χ4v) is 3.27. The third-order valence-corrected chi connectivity index (χ3v) is 4.74. The first-order valence-corrected chi connectivity index (χ1v) is 9.08. The maximum atomic E-state index is 12.6. The summed E-state index contributed by atoms with van der Waals surface area (Å²) < 4.78 is 2.01. The van der Waals surface area contributed by atoms with Crippen molar-refractivity contribution in [1.29, 1.82) is 0 Å². The number of nitrogens with zero attached hydrogens (tertiary/aromatic N) is 4. The summed E-state index contributed by atoms with van der Waals surface area (Å²) in [5.41, 5.74) is 8.18. The molecule has 1 aromatic carbocycles. The molecule has 26 heavy (non-hydrogen) atoms. The summed E-state index contributed by atoms with van der Waals surface area (Å²) in [7, 11) is 0. The average Bonchev–Trinajstić information content (AvgIpc) is 3.09. The van der Waals surface area contributed by atoms with E-state index in [0.29, 0.717) is 26.1 Å². The van der Waals surface area contributed by atoms with Gasteiger partial charge < -0.3 is 20.3 Å². The number of carbonyl (C=O) groups is 1. The number of aliphatic hydroxyl groups is 1. The Morgan fingerprint density at radius 3 is 2.62 bits per heavy atom. The lowest BCUT2D eigenvalue weighted by molar-refractivity contribution is -0.134. The predicted molar refractivity (Wildman–Crippen MR) is 99.6 cm³/mol. The molecule has 0 spiro atoms. The molecular formula is C19H27N5O2. The van der Waals surface area contributed by atoms with Crippen molar-refractivity contribution in [2.24, 2.45) is 5.73 Å². The Morgan fingerprint density at radius 1 is 1.19 bits per heavy atom. The summed E-state index contributed by atoms with van der Waals surface area (Å²) in [6.45, 7) is 4.45. The number of rotatable bonds is 7. The van der Waals surface area contributed by atoms with E-state index in [2.05, 4.69) is 22.0 Å². The average molecular weight is 357 g/mol. The van der Waals surface area contributed by atoms with E-state index < -0.39 is 6.04 Å². The van der Waals surface area contributed by atoms with Crippen molar-refractivity contribution in [2.45, 2.75) is 19.0 Å². The number of hydrogen-bond acceptors (Lipinski definition) is 5. The lowest BCUT2D eigenvalue weighted by Crippen LogP contribution is -2.54. The molecule has 7 nitrogen and oxygen atoms in total. The van der Waals surface area contributed by atoms with Crippen LogP contribution >= 0.6 is 0 Å². The van der Waals surface area contributed by atoms with Crippen molar-refractivity contribution in [3.8, 4) is 0 Å². The number of aromatic nitrogens is 2. The van der Waals surface area contributed by atoms with Gasteiger partial charge in [0.2, 0.25) is 5.91 Å². The standard InChI is InChI=1S/C19H27N5O2/c20-18(19(26)24-8-6-22(7-9-24)10-11-25)12-17-14-23(15-21-17)13-16-4-2-1-3-5-16/h1-5,14-15,18,25H,6-13,20H2/t18-/m0/s1. The molecule has 1 aliphatic heterocycles. The van der Waals surface area contributed by atoms with Gasteiger partial charge in [0, 0.05) is 51.9 Å². The molecule has 3 N–H and O–H groups in total. The van der Waals surface area contributed by atoms with E-state index >= 15 is 0 Å². The van der Waals surface area contributed by atoms with Gasteiger partial charge in [0.25, 0.3) is 0 Å². The van der Waals surface area contributed by atoms with Crippen molar-refractivity contribution < 1.29 is 9.90 Å². The van der Waals surface area contributed by atoms with Gasteiger partial charge in [-0.3, -0.25) is 9.69 Å². The molecule has 140 valence electrons. The third-order valence-electron chi connectivity index (χ3n) is 4.74. The van der Waals surface area contributed by atoms with Crippen molar-refractivity contribution in [3.05, 3.63) is 54.1 Å². The summed E-state index contributed by atoms with van der Waals surface area (Å²) in [5.74, 6) is -0.0220. The van der Waals surface area contributed by atoms with Crippen LogP contribution in [0.5, 0.6) is 0 Å². The zero-order valence-corrected chi connectivity index (χ0v) is 15.0. The van der Waals surface area contributed by atoms with Gasteiger partial charge in [-0.1, -0.05) is 30.3 Å². The quantitative estimate of drug-likeness (QED) is 0.725. The molecule has 7 heteroatoms. The summed E-state index contributed by atoms with van der Waals surface area (Å²) >= 11 is 0. The molecule has 1 amide bonds. The van der Waals surface area contributed by atoms with Gasteiger partial charge in [-0.05, 0) is 5.56 Å². The Kier molecular flexibility index (Phi) is 6.38. The molecule has 2 aromatic rings. The number of hydrogen-bond donors (Lipinski definition) is 2. The zero-order valence-electron chi connectivity index (χ0n) is 15.0. The lowest BCUT2D eigenvalue weighted by Gasteiger charge is -2.35. The van der Waals surface area contributed by atoms with Crippen LogP contribution in [0.4, 0.5) is 0 Å². The van der Waals surface area contributed by atoms with E-state index in [1.807, 2.05) is 33.9 Å². The predicted octanol–water partition coefficient (Wildman–Crippen LogP) is -0.0623. The second-order valence-electron chi connectivity index (χ2n) is 6.72. The van der Waals surface area contributed by atoms with Gasteiger partial charge in [0.15, 0.2) is 0 Å². The summed E-state index contributed by atoms with van der Waals surface area (Å²) in [6.07, 6.45) is 4.18. The van der Waals surface area contributed by atoms with E-state index in [1.165, 1.54) is 5.56 Å². The Hall–Kier alpha value is -2.22. The minimum Gasteiger partial charge on any atom is -0.395 e. The lowest BCUT2D eigenvalue weighted by atomic mass is 10.1. The summed E-state index contributed by atoms with van der Waals surface area (Å²) in [6, 6.07) is 9.61. The first kappa shape index (κ1) is 18.6. The zero-order chi connectivity index (χ0) is 18.4. The Labute approximate surface area is 154 Å². The van der Waals surface area contributed by atoms with Gasteiger partial charge in [-0.25, -0.2) is 4.98 Å². The largest absolute Gasteiger partial charge is 0.395 e. The molecule has 1 aromatic heterocycles. The van der Waals surface area contributed by atoms with Gasteiger partial charge in [-0.15, -0.1) is 0 Å². The van der Waals surface area contributed by atoms with Gasteiger partial charge >= 0.3 is 0 Å². The molecule has 1 aliphatic rings. The first-order valence-electron chi connectivity index (χ1n) is 9.08. The van der Waals surface area contributed by atoms with Crippen LogP contribution in [0.3, 0.4) is 0 Å². The minimum atomic E-state index is -0.570. The maximum Gasteiger partial charge on any atom is 0.239 e. The van der Waals surface area contributed by atoms with Crippen LogP contribution in [-0.2, 0) is 17.8 Å². The molecule has 0 aliphatic carbocycles. The van der Waals surface area contributed by atoms with Crippen LogP contribution in [0.15, 0.2) is 42.9 Å². The fourth-order valence-electron chi connectivity index (χ4n) is 3.27. The number of carbonyl (C=O) groups excluding carboxylic acids is 1. The molecule has 1 saturated heterocycles. The van der Waals surface area contributed by atoms with E-state index in [4.69, 9.17) is 10.8 Å². The van der Waals surface area contributed by atoms with Crippen molar-refractivity contribution in [2.75, 3.05) is 39.3 Å². The molecular weight excluding hydrogens is 330 g/mol. The fraction of sp³-hybridized carbons (Fsp3) is 0.474. The highest BCUT2D eigenvalue weighted by molar-refractivity contribution is 5.82. The smallest absolute Gasteiger partial charge is 0.239 e. The molecule has 0 saturated carbocycles. The molecule has 1 atom stereocenters. The van der Waals surface area contributed by atoms with E-state index in [1.54, 1.807) is 6.33 Å². The molecule has 0 radical (unpaired) electrons. The first-order chi connectivity index (χ1) is 12.7. The maximum absolute atomic E-state index is 12.6. The van der Waals surface area contributed by atoms with Crippen LogP contribution in [0, 0.1) is 0 Å². The number of β-amino-alcohol motifs (C(OH)–C–C–N with tert-alkyl or cyclic N) is 1. The Morgan fingerprint density at radius 2 is 1.92 bits per heavy atom. The van der Waals surface area contributed by atoms with Crippen molar-refractivity contribution >= 4 is 5.91 Å². The number of benzene rings is 1. The van der Waals surface area contributed by atoms with Crippen LogP contribution in [-0.4, -0.2) is 75.7 Å². The monoisotopic (exact) mass is 357 g/mol. The third kappa shape index (κ3) is 4.91. The van der Waals surface area contributed by atoms with Gasteiger partial charge in [-0.2, -0.15) is 0 Å². The van der Waals surface area contributed by atoms with Crippen LogP contribution < -0.4 is 5.73 Å². The molecule has 0 unspecified atom stereocenters. The van der Waals surface area contributed by atoms with Crippen molar-refractivity contribution in [1.82, 2.24) is 19.4 Å². The Balaban J connectivity index is 1.50. The molecule has 0 bridgehead atoms. The number of aliphatic hydroxyl groups excluding tert-OH is 1. The number of piperazine rings is 1. The van der Waals surface area contributed by atoms with E-state index in [0.717, 1.165) is 25.3 Å². The normalized spacial score (nSPS) is 16.6. The van der Waals surface area contributed by atoms with E-state index in [9.17, 15) is 4.79 Å². The molecule has 1 fully saturated rings. The number of amides is 1. The molecule has 3 rings (SSSR count). The number of nitrogens with two attached hydrogens (primary N) is 1. The van der Waals surface area contributed by atoms with E-state index in [-0.39, 0.29) is 12.5 Å². The highest BCUT2D eigenvalue weighted by atomic mass is 16.3. The second kappa shape index (κ2) is 8.93. The van der Waals surface area contributed by atoms with Crippen molar-refractivity contribution in [3.63, 3.8) is 0 Å². The Bertz CT molecular complexity index is 695. The highest BCUT2D eigenvalue weighted by Crippen LogP contribution is 2.08. The molecule has 2 heterocycles. The van der Waals surface area contributed by atoms with Gasteiger partial charge in [0.1, 0.15) is 0 Å². The second-order valence-corrected chi connectivity index (χ2v) is 6.72. The number of imidazole rings is 1. The highest BCUT2D eigenvalue weighted by Gasteiger charge is 2.25. The van der Waals surface area contributed by atoms with Gasteiger partial charge in [0.05, 0.1) is 24.7 Å². The minimum absolute atomic E-state index is 0.0220. The van der Waals surface area contributed by atoms with Crippen LogP contribution in [0.2, 0.25) is 0 Å². The summed E-state index contributed by atoms with van der Waals surface area (Å²) in [4.78, 5) is 20.9. The topological polar surface area (TPSA) is 87.6 Å². The summed E-state index contributed by atoms with van der Waals surface area (Å²) in [5, 5.41) is 8.99.